The van der Waals surface area contributed by atoms with E-state index < -0.39 is 10.0 Å². The number of benzene rings is 1. The summed E-state index contributed by atoms with van der Waals surface area (Å²) in [4.78, 5) is 11.5. The van der Waals surface area contributed by atoms with Gasteiger partial charge in [0.2, 0.25) is 0 Å². The summed E-state index contributed by atoms with van der Waals surface area (Å²) in [6.07, 6.45) is 0. The molecule has 104 valence electrons. The lowest BCUT2D eigenvalue weighted by atomic mass is 10.3. The molecule has 0 bridgehead atoms. The molecular formula is C12H10N2O3S3. The van der Waals surface area contributed by atoms with Crippen molar-refractivity contribution in [2.75, 3.05) is 4.72 Å². The summed E-state index contributed by atoms with van der Waals surface area (Å²) in [6.45, 7) is 0. The van der Waals surface area contributed by atoms with Gasteiger partial charge in [-0.05, 0) is 29.6 Å². The summed E-state index contributed by atoms with van der Waals surface area (Å²) in [5.74, 6) is 0. The number of nitrogens with zero attached hydrogens (tertiary/aromatic N) is 1. The van der Waals surface area contributed by atoms with Crippen molar-refractivity contribution in [2.24, 2.45) is 7.05 Å². The number of anilines is 1. The minimum atomic E-state index is -3.56. The number of thiazole rings is 1. The Kier molecular flexibility index (Phi) is 3.15. The first-order chi connectivity index (χ1) is 9.47. The second kappa shape index (κ2) is 4.72. The number of rotatable bonds is 3. The van der Waals surface area contributed by atoms with Gasteiger partial charge in [-0.2, -0.15) is 0 Å². The van der Waals surface area contributed by atoms with E-state index in [2.05, 4.69) is 4.72 Å². The van der Waals surface area contributed by atoms with E-state index in [1.807, 2.05) is 0 Å². The minimum Gasteiger partial charge on any atom is -0.302 e. The minimum absolute atomic E-state index is 0.0711. The van der Waals surface area contributed by atoms with Crippen molar-refractivity contribution in [2.45, 2.75) is 4.21 Å². The van der Waals surface area contributed by atoms with Crippen molar-refractivity contribution in [1.82, 2.24) is 4.57 Å². The quantitative estimate of drug-likeness (QED) is 0.804. The van der Waals surface area contributed by atoms with Crippen molar-refractivity contribution in [1.29, 1.82) is 0 Å². The molecule has 2 aromatic heterocycles. The van der Waals surface area contributed by atoms with Crippen molar-refractivity contribution in [3.05, 3.63) is 45.4 Å². The van der Waals surface area contributed by atoms with Crippen LogP contribution >= 0.6 is 22.7 Å². The fourth-order valence-corrected chi connectivity index (χ4v) is 4.71. The number of sulfonamides is 1. The number of fused-ring (bicyclic) bond motifs is 1. The molecule has 5 nitrogen and oxygen atoms in total. The molecule has 0 unspecified atom stereocenters. The molecule has 20 heavy (non-hydrogen) atoms. The smallest absolute Gasteiger partial charge is 0.302 e. The Morgan fingerprint density at radius 3 is 2.75 bits per heavy atom. The van der Waals surface area contributed by atoms with Crippen LogP contribution in [0.25, 0.3) is 10.2 Å². The standard InChI is InChI=1S/C12H10N2O3S3/c1-14-9-7-8(4-5-10(9)19-12(14)15)13-20(16,17)11-3-2-6-18-11/h2-7,13H,1H3. The Labute approximate surface area is 123 Å². The molecule has 2 heterocycles. The van der Waals surface area contributed by atoms with Crippen LogP contribution in [0.4, 0.5) is 5.69 Å². The monoisotopic (exact) mass is 326 g/mol. The summed E-state index contributed by atoms with van der Waals surface area (Å²) >= 11 is 2.29. The first kappa shape index (κ1) is 13.3. The van der Waals surface area contributed by atoms with Gasteiger partial charge in [0.1, 0.15) is 4.21 Å². The van der Waals surface area contributed by atoms with E-state index in [0.29, 0.717) is 11.2 Å². The lowest BCUT2D eigenvalue weighted by Gasteiger charge is -2.06. The maximum absolute atomic E-state index is 12.1. The van der Waals surface area contributed by atoms with E-state index in [4.69, 9.17) is 0 Å². The van der Waals surface area contributed by atoms with E-state index in [1.165, 1.54) is 4.57 Å². The molecule has 3 aromatic rings. The Balaban J connectivity index is 2.04. The molecule has 0 aliphatic rings. The molecule has 0 aliphatic carbocycles. The summed E-state index contributed by atoms with van der Waals surface area (Å²) in [6, 6.07) is 8.30. The Morgan fingerprint density at radius 1 is 1.25 bits per heavy atom. The predicted octanol–water partition coefficient (Wildman–Crippen LogP) is 2.46. The Bertz CT molecular complexity index is 921. The normalized spacial score (nSPS) is 11.8. The van der Waals surface area contributed by atoms with E-state index in [1.54, 1.807) is 42.8 Å². The first-order valence-electron chi connectivity index (χ1n) is 5.63. The van der Waals surface area contributed by atoms with E-state index in [-0.39, 0.29) is 9.08 Å². The van der Waals surface area contributed by atoms with E-state index >= 15 is 0 Å². The molecule has 0 radical (unpaired) electrons. The van der Waals surface area contributed by atoms with Gasteiger partial charge in [0.15, 0.2) is 0 Å². The van der Waals surface area contributed by atoms with Crippen molar-refractivity contribution >= 4 is 48.6 Å². The molecule has 1 aromatic carbocycles. The largest absolute Gasteiger partial charge is 0.307 e. The molecule has 1 N–H and O–H groups in total. The number of aryl methyl sites for hydroxylation is 1. The van der Waals surface area contributed by atoms with Gasteiger partial charge >= 0.3 is 4.87 Å². The van der Waals surface area contributed by atoms with Crippen LogP contribution in [-0.2, 0) is 17.1 Å². The highest BCUT2D eigenvalue weighted by molar-refractivity contribution is 7.94. The highest BCUT2D eigenvalue weighted by Gasteiger charge is 2.15. The fourth-order valence-electron chi connectivity index (χ4n) is 1.81. The summed E-state index contributed by atoms with van der Waals surface area (Å²) in [5.41, 5.74) is 1.16. The predicted molar refractivity (Wildman–Crippen MR) is 82.2 cm³/mol. The van der Waals surface area contributed by atoms with Crippen LogP contribution < -0.4 is 9.60 Å². The number of hydrogen-bond acceptors (Lipinski definition) is 5. The summed E-state index contributed by atoms with van der Waals surface area (Å²) in [7, 11) is -1.89. The second-order valence-corrected chi connectivity index (χ2v) is 8.00. The summed E-state index contributed by atoms with van der Waals surface area (Å²) < 4.78 is 29.4. The van der Waals surface area contributed by atoms with Crippen LogP contribution in [0.3, 0.4) is 0 Å². The van der Waals surface area contributed by atoms with Crippen LogP contribution in [0.5, 0.6) is 0 Å². The zero-order valence-corrected chi connectivity index (χ0v) is 12.8. The molecule has 0 saturated heterocycles. The van der Waals surface area contributed by atoms with Crippen molar-refractivity contribution < 1.29 is 8.42 Å². The number of hydrogen-bond donors (Lipinski definition) is 1. The lowest BCUT2D eigenvalue weighted by molar-refractivity contribution is 0.603. The van der Waals surface area contributed by atoms with E-state index in [9.17, 15) is 13.2 Å². The number of nitrogens with one attached hydrogen (secondary N) is 1. The number of aromatic nitrogens is 1. The molecule has 0 fully saturated rings. The van der Waals surface area contributed by atoms with Gasteiger partial charge in [-0.3, -0.25) is 9.52 Å². The molecule has 8 heteroatoms. The zero-order chi connectivity index (χ0) is 14.3. The summed E-state index contributed by atoms with van der Waals surface area (Å²) in [5, 5.41) is 1.71. The van der Waals surface area contributed by atoms with Gasteiger partial charge in [-0.1, -0.05) is 17.4 Å². The lowest BCUT2D eigenvalue weighted by Crippen LogP contribution is -2.11. The maximum atomic E-state index is 12.1. The van der Waals surface area contributed by atoms with E-state index in [0.717, 1.165) is 27.4 Å². The van der Waals surface area contributed by atoms with Gasteiger partial charge in [0.05, 0.1) is 15.9 Å². The molecule has 0 saturated carbocycles. The fraction of sp³-hybridized carbons (Fsp3) is 0.0833. The van der Waals surface area contributed by atoms with Crippen LogP contribution in [-0.4, -0.2) is 13.0 Å². The van der Waals surface area contributed by atoms with Gasteiger partial charge in [0.25, 0.3) is 10.0 Å². The average Bonchev–Trinajstić information content (AvgIpc) is 3.01. The third-order valence-electron chi connectivity index (χ3n) is 2.80. The van der Waals surface area contributed by atoms with Gasteiger partial charge < -0.3 is 4.57 Å². The highest BCUT2D eigenvalue weighted by Crippen LogP contribution is 2.24. The topological polar surface area (TPSA) is 68.2 Å². The van der Waals surface area contributed by atoms with Crippen LogP contribution in [0.2, 0.25) is 0 Å². The highest BCUT2D eigenvalue weighted by atomic mass is 32.2. The SMILES string of the molecule is Cn1c(=O)sc2ccc(NS(=O)(=O)c3cccs3)cc21. The Morgan fingerprint density at radius 2 is 2.05 bits per heavy atom. The van der Waals surface area contributed by atoms with Crippen LogP contribution in [0, 0.1) is 0 Å². The molecule has 3 rings (SSSR count). The second-order valence-electron chi connectivity index (χ2n) is 4.15. The van der Waals surface area contributed by atoms with Crippen molar-refractivity contribution in [3.8, 4) is 0 Å². The van der Waals surface area contributed by atoms with Crippen LogP contribution in [0.1, 0.15) is 0 Å². The number of thiophene rings is 1. The van der Waals surface area contributed by atoms with Gasteiger partial charge in [-0.15, -0.1) is 11.3 Å². The van der Waals surface area contributed by atoms with Crippen molar-refractivity contribution in [3.63, 3.8) is 0 Å². The van der Waals surface area contributed by atoms with Gasteiger partial charge in [0, 0.05) is 7.05 Å². The average molecular weight is 326 g/mol. The first-order valence-corrected chi connectivity index (χ1v) is 8.81. The molecule has 0 amide bonds. The molecular weight excluding hydrogens is 316 g/mol. The Hall–Kier alpha value is -1.64. The molecule has 0 atom stereocenters. The zero-order valence-electron chi connectivity index (χ0n) is 10.4. The third-order valence-corrected chi connectivity index (χ3v) is 6.60. The molecule has 0 aliphatic heterocycles. The third kappa shape index (κ3) is 2.26. The maximum Gasteiger partial charge on any atom is 0.307 e. The molecule has 0 spiro atoms. The van der Waals surface area contributed by atoms with Crippen LogP contribution in [0.15, 0.2) is 44.7 Å². The van der Waals surface area contributed by atoms with Gasteiger partial charge in [-0.25, -0.2) is 8.42 Å².